The lowest BCUT2D eigenvalue weighted by molar-refractivity contribution is -0.402. The van der Waals surface area contributed by atoms with Crippen LogP contribution in [0.2, 0.25) is 0 Å². The molecular formula is C16H12N4O5S2. The van der Waals surface area contributed by atoms with Crippen molar-refractivity contribution in [2.45, 2.75) is 13.0 Å². The highest BCUT2D eigenvalue weighted by molar-refractivity contribution is 7.16. The number of thiazole rings is 1. The van der Waals surface area contributed by atoms with Crippen LogP contribution in [0.5, 0.6) is 0 Å². The molecule has 0 unspecified atom stereocenters. The molecule has 0 bridgehead atoms. The molecule has 11 heteroatoms. The number of amides is 2. The number of fused-ring (bicyclic) bond motifs is 1. The first kappa shape index (κ1) is 17.4. The average Bonchev–Trinajstić information content (AvgIpc) is 3.39. The van der Waals surface area contributed by atoms with Gasteiger partial charge in [-0.25, -0.2) is 4.98 Å². The summed E-state index contributed by atoms with van der Waals surface area (Å²) in [5, 5.41) is 15.8. The number of nitro groups is 1. The van der Waals surface area contributed by atoms with Crippen molar-refractivity contribution in [1.29, 1.82) is 0 Å². The highest BCUT2D eigenvalue weighted by Gasteiger charge is 2.28. The first-order valence-electron chi connectivity index (χ1n) is 7.88. The van der Waals surface area contributed by atoms with E-state index in [2.05, 4.69) is 10.3 Å². The molecule has 4 heterocycles. The number of aromatic nitrogens is 1. The maximum atomic E-state index is 12.5. The van der Waals surface area contributed by atoms with Crippen molar-refractivity contribution in [3.05, 3.63) is 61.0 Å². The van der Waals surface area contributed by atoms with Gasteiger partial charge < -0.3 is 9.32 Å². The zero-order valence-electron chi connectivity index (χ0n) is 13.7. The van der Waals surface area contributed by atoms with E-state index in [0.29, 0.717) is 29.5 Å². The van der Waals surface area contributed by atoms with Gasteiger partial charge in [0.05, 0.1) is 23.2 Å². The Morgan fingerprint density at radius 3 is 2.89 bits per heavy atom. The summed E-state index contributed by atoms with van der Waals surface area (Å²) in [6.07, 6.45) is 0.537. The van der Waals surface area contributed by atoms with Gasteiger partial charge in [0.15, 0.2) is 10.9 Å². The van der Waals surface area contributed by atoms with Crippen LogP contribution in [0, 0.1) is 10.1 Å². The summed E-state index contributed by atoms with van der Waals surface area (Å²) in [6, 6.07) is 5.99. The maximum Gasteiger partial charge on any atom is 0.433 e. The van der Waals surface area contributed by atoms with Crippen LogP contribution < -0.4 is 5.32 Å². The number of nitrogens with one attached hydrogen (secondary N) is 1. The summed E-state index contributed by atoms with van der Waals surface area (Å²) in [6.45, 7) is 0.734. The third-order valence-corrected chi connectivity index (χ3v) is 5.83. The number of anilines is 1. The molecule has 0 aliphatic carbocycles. The van der Waals surface area contributed by atoms with Crippen LogP contribution in [0.4, 0.5) is 11.0 Å². The fourth-order valence-corrected chi connectivity index (χ4v) is 4.32. The topological polar surface area (TPSA) is 119 Å². The van der Waals surface area contributed by atoms with E-state index in [-0.39, 0.29) is 11.7 Å². The lowest BCUT2D eigenvalue weighted by atomic mass is 10.1. The number of hydrogen-bond donors (Lipinski definition) is 1. The monoisotopic (exact) mass is 404 g/mol. The van der Waals surface area contributed by atoms with Gasteiger partial charge in [-0.3, -0.25) is 25.0 Å². The fourth-order valence-electron chi connectivity index (χ4n) is 2.69. The normalized spacial score (nSPS) is 13.3. The lowest BCUT2D eigenvalue weighted by Gasteiger charge is -2.24. The third kappa shape index (κ3) is 3.46. The van der Waals surface area contributed by atoms with Crippen LogP contribution in [-0.2, 0) is 13.0 Å². The number of furan rings is 1. The summed E-state index contributed by atoms with van der Waals surface area (Å²) >= 11 is 2.66. The Hall–Kier alpha value is -3.05. The second-order valence-electron chi connectivity index (χ2n) is 5.69. The van der Waals surface area contributed by atoms with Crippen LogP contribution in [0.1, 0.15) is 30.8 Å². The van der Waals surface area contributed by atoms with Crippen LogP contribution >= 0.6 is 22.7 Å². The number of rotatable bonds is 4. The molecule has 138 valence electrons. The smallest absolute Gasteiger partial charge is 0.395 e. The van der Waals surface area contributed by atoms with Gasteiger partial charge in [0.2, 0.25) is 0 Å². The number of carbonyl (C=O) groups is 2. The fraction of sp³-hybridized carbons (Fsp3) is 0.188. The molecule has 2 amide bonds. The summed E-state index contributed by atoms with van der Waals surface area (Å²) in [4.78, 5) is 42.1. The quantitative estimate of drug-likeness (QED) is 0.527. The molecule has 9 nitrogen and oxygen atoms in total. The first-order valence-corrected chi connectivity index (χ1v) is 9.58. The molecule has 1 N–H and O–H groups in total. The summed E-state index contributed by atoms with van der Waals surface area (Å²) in [7, 11) is 0. The van der Waals surface area contributed by atoms with Crippen LogP contribution in [0.3, 0.4) is 0 Å². The largest absolute Gasteiger partial charge is 0.433 e. The molecule has 4 rings (SSSR count). The predicted octanol–water partition coefficient (Wildman–Crippen LogP) is 3.16. The van der Waals surface area contributed by atoms with E-state index in [4.69, 9.17) is 4.42 Å². The molecular weight excluding hydrogens is 392 g/mol. The molecule has 0 saturated carbocycles. The molecule has 3 aromatic rings. The first-order chi connectivity index (χ1) is 13.0. The Morgan fingerprint density at radius 1 is 1.33 bits per heavy atom. The van der Waals surface area contributed by atoms with Gasteiger partial charge in [-0.15, -0.1) is 11.3 Å². The molecule has 0 spiro atoms. The Labute approximate surface area is 160 Å². The summed E-state index contributed by atoms with van der Waals surface area (Å²) in [5.74, 6) is -1.16. The van der Waals surface area contributed by atoms with Crippen molar-refractivity contribution in [2.24, 2.45) is 0 Å². The van der Waals surface area contributed by atoms with Gasteiger partial charge in [0.1, 0.15) is 4.92 Å². The average molecular weight is 404 g/mol. The second-order valence-corrected chi connectivity index (χ2v) is 7.72. The van der Waals surface area contributed by atoms with E-state index in [1.807, 2.05) is 5.38 Å². The Kier molecular flexibility index (Phi) is 4.46. The van der Waals surface area contributed by atoms with E-state index in [0.717, 1.165) is 16.6 Å². The molecule has 3 aromatic heterocycles. The maximum absolute atomic E-state index is 12.5. The van der Waals surface area contributed by atoms with E-state index < -0.39 is 16.7 Å². The highest BCUT2D eigenvalue weighted by Crippen LogP contribution is 2.30. The molecule has 27 heavy (non-hydrogen) atoms. The van der Waals surface area contributed by atoms with Gasteiger partial charge in [0, 0.05) is 17.8 Å². The van der Waals surface area contributed by atoms with Gasteiger partial charge in [-0.05, 0) is 17.5 Å². The number of nitrogens with zero attached hydrogens (tertiary/aromatic N) is 3. The number of thiophene rings is 1. The van der Waals surface area contributed by atoms with Crippen LogP contribution in [0.15, 0.2) is 34.1 Å². The molecule has 0 fully saturated rings. The summed E-state index contributed by atoms with van der Waals surface area (Å²) in [5.41, 5.74) is 0.843. The Morgan fingerprint density at radius 2 is 2.19 bits per heavy atom. The van der Waals surface area contributed by atoms with E-state index in [1.165, 1.54) is 28.7 Å². The number of carbonyl (C=O) groups excluding carboxylic acids is 2. The van der Waals surface area contributed by atoms with Crippen LogP contribution in [0.25, 0.3) is 0 Å². The van der Waals surface area contributed by atoms with Crippen molar-refractivity contribution in [3.8, 4) is 0 Å². The summed E-state index contributed by atoms with van der Waals surface area (Å²) < 4.78 is 4.99. The SMILES string of the molecule is O=C(Nc1nc2c(s1)CN(C(=O)c1ccc([N+](=O)[O-])o1)CC2)c1cccs1. The minimum Gasteiger partial charge on any atom is -0.395 e. The number of hydrogen-bond acceptors (Lipinski definition) is 8. The minimum atomic E-state index is -0.684. The van der Waals surface area contributed by atoms with E-state index in [1.54, 1.807) is 17.0 Å². The van der Waals surface area contributed by atoms with Gasteiger partial charge in [0.25, 0.3) is 11.8 Å². The standard InChI is InChI=1S/C16H12N4O5S2/c21-14(11-2-1-7-26-11)18-16-17-9-5-6-19(8-12(9)27-16)15(22)10-3-4-13(25-10)20(23)24/h1-4,7H,5-6,8H2,(H,17,18,21). The lowest BCUT2D eigenvalue weighted by Crippen LogP contribution is -2.35. The van der Waals surface area contributed by atoms with Crippen molar-refractivity contribution >= 4 is 45.5 Å². The van der Waals surface area contributed by atoms with Crippen LogP contribution in [-0.4, -0.2) is 33.2 Å². The second kappa shape index (κ2) is 6.93. The van der Waals surface area contributed by atoms with Crippen molar-refractivity contribution in [3.63, 3.8) is 0 Å². The highest BCUT2D eigenvalue weighted by atomic mass is 32.1. The Balaban J connectivity index is 1.46. The molecule has 0 saturated heterocycles. The van der Waals surface area contributed by atoms with Gasteiger partial charge in [-0.1, -0.05) is 17.4 Å². The predicted molar refractivity (Wildman–Crippen MR) is 98.2 cm³/mol. The molecule has 1 aliphatic heterocycles. The molecule has 0 radical (unpaired) electrons. The molecule has 0 aromatic carbocycles. The molecule has 0 atom stereocenters. The Bertz CT molecular complexity index is 1020. The van der Waals surface area contributed by atoms with Crippen molar-refractivity contribution in [1.82, 2.24) is 9.88 Å². The van der Waals surface area contributed by atoms with Crippen molar-refractivity contribution in [2.75, 3.05) is 11.9 Å². The van der Waals surface area contributed by atoms with E-state index >= 15 is 0 Å². The van der Waals surface area contributed by atoms with Gasteiger partial charge >= 0.3 is 5.88 Å². The van der Waals surface area contributed by atoms with E-state index in [9.17, 15) is 19.7 Å². The minimum absolute atomic E-state index is 0.0686. The zero-order chi connectivity index (χ0) is 19.0. The zero-order valence-corrected chi connectivity index (χ0v) is 15.3. The van der Waals surface area contributed by atoms with Crippen molar-refractivity contribution < 1.29 is 18.9 Å². The third-order valence-electron chi connectivity index (χ3n) is 3.97. The molecule has 1 aliphatic rings. The van der Waals surface area contributed by atoms with Gasteiger partial charge in [-0.2, -0.15) is 0 Å².